The molecule has 0 amide bonds. The second-order valence-electron chi connectivity index (χ2n) is 8.21. The molecule has 1 aliphatic carbocycles. The zero-order chi connectivity index (χ0) is 21.7. The van der Waals surface area contributed by atoms with Crippen molar-refractivity contribution in [2.24, 2.45) is 13.0 Å². The molecule has 5 rings (SSSR count). The van der Waals surface area contributed by atoms with E-state index in [0.717, 1.165) is 36.9 Å². The lowest BCUT2D eigenvalue weighted by molar-refractivity contribution is -0.146. The van der Waals surface area contributed by atoms with Gasteiger partial charge in [-0.25, -0.2) is 14.4 Å². The average Bonchev–Trinajstić information content (AvgIpc) is 3.36. The number of benzene rings is 1. The van der Waals surface area contributed by atoms with Gasteiger partial charge in [-0.3, -0.25) is 9.20 Å². The number of rotatable bonds is 3. The fraction of sp³-hybridized carbons (Fsp3) is 0.348. The summed E-state index contributed by atoms with van der Waals surface area (Å²) in [6.07, 6.45) is 8.39. The van der Waals surface area contributed by atoms with Crippen molar-refractivity contribution in [1.29, 1.82) is 0 Å². The normalized spacial score (nSPS) is 19.2. The minimum absolute atomic E-state index is 0.0733. The van der Waals surface area contributed by atoms with Crippen molar-refractivity contribution in [3.05, 3.63) is 48.4 Å². The molecule has 31 heavy (non-hydrogen) atoms. The molecule has 7 nitrogen and oxygen atoms in total. The third-order valence-corrected chi connectivity index (χ3v) is 6.47. The average molecular weight is 421 g/mol. The molecule has 3 aromatic heterocycles. The molecule has 1 fully saturated rings. The van der Waals surface area contributed by atoms with E-state index < -0.39 is 0 Å². The van der Waals surface area contributed by atoms with E-state index in [1.165, 1.54) is 7.11 Å². The van der Waals surface area contributed by atoms with Crippen molar-refractivity contribution in [3.8, 4) is 11.3 Å². The van der Waals surface area contributed by atoms with Crippen molar-refractivity contribution >= 4 is 28.2 Å². The summed E-state index contributed by atoms with van der Waals surface area (Å²) in [5, 5.41) is 0.833. The van der Waals surface area contributed by atoms with Crippen LogP contribution in [0.25, 0.3) is 27.7 Å². The van der Waals surface area contributed by atoms with Gasteiger partial charge in [0.15, 0.2) is 5.82 Å². The molecule has 0 aliphatic heterocycles. The number of methoxy groups -OCH3 is 1. The van der Waals surface area contributed by atoms with E-state index in [9.17, 15) is 4.79 Å². The second-order valence-corrected chi connectivity index (χ2v) is 8.21. The van der Waals surface area contributed by atoms with Crippen LogP contribution in [0, 0.1) is 11.7 Å². The van der Waals surface area contributed by atoms with Gasteiger partial charge in [-0.05, 0) is 37.8 Å². The van der Waals surface area contributed by atoms with Crippen LogP contribution in [0.15, 0.2) is 36.8 Å². The molecular weight excluding hydrogens is 397 g/mol. The predicted octanol–water partition coefficient (Wildman–Crippen LogP) is 4.06. The summed E-state index contributed by atoms with van der Waals surface area (Å²) in [4.78, 5) is 21.0. The van der Waals surface area contributed by atoms with E-state index in [2.05, 4.69) is 4.98 Å². The molecule has 4 aromatic rings. The van der Waals surface area contributed by atoms with Gasteiger partial charge in [0.25, 0.3) is 0 Å². The quantitative estimate of drug-likeness (QED) is 0.504. The van der Waals surface area contributed by atoms with E-state index in [1.54, 1.807) is 16.8 Å². The van der Waals surface area contributed by atoms with Crippen LogP contribution in [0.2, 0.25) is 0 Å². The molecule has 0 spiro atoms. The lowest BCUT2D eigenvalue weighted by Gasteiger charge is -2.26. The number of imidazole rings is 1. The molecular formula is C23H24FN5O2. The number of ether oxygens (including phenoxy) is 1. The van der Waals surface area contributed by atoms with Gasteiger partial charge in [0.2, 0.25) is 0 Å². The Labute approximate surface area is 178 Å². The Morgan fingerprint density at radius 3 is 2.68 bits per heavy atom. The van der Waals surface area contributed by atoms with Crippen molar-refractivity contribution in [2.45, 2.75) is 31.6 Å². The summed E-state index contributed by atoms with van der Waals surface area (Å²) in [7, 11) is 3.25. The smallest absolute Gasteiger partial charge is 0.308 e. The number of carbonyl (C=O) groups is 1. The number of halogens is 1. The fourth-order valence-corrected chi connectivity index (χ4v) is 4.84. The van der Waals surface area contributed by atoms with Crippen LogP contribution >= 0.6 is 0 Å². The van der Waals surface area contributed by atoms with Crippen molar-refractivity contribution in [3.63, 3.8) is 0 Å². The molecule has 160 valence electrons. The molecule has 1 aromatic carbocycles. The number of nitrogens with two attached hydrogens (primary N) is 1. The molecule has 1 aliphatic rings. The van der Waals surface area contributed by atoms with Gasteiger partial charge in [-0.2, -0.15) is 0 Å². The highest BCUT2D eigenvalue weighted by Gasteiger charge is 2.31. The lowest BCUT2D eigenvalue weighted by Crippen LogP contribution is -2.23. The van der Waals surface area contributed by atoms with E-state index in [1.807, 2.05) is 36.0 Å². The van der Waals surface area contributed by atoms with Gasteiger partial charge >= 0.3 is 5.97 Å². The maximum atomic E-state index is 15.6. The fourth-order valence-electron chi connectivity index (χ4n) is 4.84. The number of aryl methyl sites for hydroxylation is 1. The summed E-state index contributed by atoms with van der Waals surface area (Å²) in [6.45, 7) is 0. The lowest BCUT2D eigenvalue weighted by atomic mass is 9.81. The van der Waals surface area contributed by atoms with Crippen molar-refractivity contribution in [1.82, 2.24) is 18.9 Å². The molecule has 2 N–H and O–H groups in total. The monoisotopic (exact) mass is 421 g/mol. The minimum Gasteiger partial charge on any atom is -0.469 e. The van der Waals surface area contributed by atoms with Crippen molar-refractivity contribution in [2.75, 3.05) is 12.8 Å². The molecule has 0 saturated heterocycles. The number of nitrogens with zero attached hydrogens (tertiary/aromatic N) is 4. The number of aromatic nitrogens is 4. The Balaban J connectivity index is 1.62. The van der Waals surface area contributed by atoms with Gasteiger partial charge in [-0.15, -0.1) is 0 Å². The molecule has 0 radical (unpaired) electrons. The zero-order valence-electron chi connectivity index (χ0n) is 17.5. The van der Waals surface area contributed by atoms with Gasteiger partial charge in [0, 0.05) is 42.5 Å². The van der Waals surface area contributed by atoms with Crippen LogP contribution in [0.1, 0.15) is 37.4 Å². The molecule has 0 bridgehead atoms. The first-order valence-corrected chi connectivity index (χ1v) is 10.4. The molecule has 0 unspecified atom stereocenters. The van der Waals surface area contributed by atoms with E-state index in [4.69, 9.17) is 15.5 Å². The Hall–Kier alpha value is -3.42. The van der Waals surface area contributed by atoms with Gasteiger partial charge in [0.05, 0.1) is 18.5 Å². The Bertz CT molecular complexity index is 1300. The highest BCUT2D eigenvalue weighted by molar-refractivity contribution is 5.91. The number of anilines is 1. The molecule has 0 atom stereocenters. The maximum Gasteiger partial charge on any atom is 0.308 e. The molecule has 1 saturated carbocycles. The second kappa shape index (κ2) is 7.37. The number of hydrogen-bond donors (Lipinski definition) is 1. The van der Waals surface area contributed by atoms with Crippen LogP contribution < -0.4 is 5.73 Å². The van der Waals surface area contributed by atoms with Crippen LogP contribution in [-0.4, -0.2) is 32.0 Å². The summed E-state index contributed by atoms with van der Waals surface area (Å²) in [5.41, 5.74) is 8.27. The number of fused-ring (bicyclic) bond motifs is 2. The van der Waals surface area contributed by atoms with Gasteiger partial charge < -0.3 is 15.0 Å². The number of hydrogen-bond acceptors (Lipinski definition) is 5. The van der Waals surface area contributed by atoms with Crippen LogP contribution in [0.3, 0.4) is 0 Å². The zero-order valence-corrected chi connectivity index (χ0v) is 17.5. The first-order valence-electron chi connectivity index (χ1n) is 10.4. The summed E-state index contributed by atoms with van der Waals surface area (Å²) < 4.78 is 24.2. The van der Waals surface area contributed by atoms with Crippen molar-refractivity contribution < 1.29 is 13.9 Å². The summed E-state index contributed by atoms with van der Waals surface area (Å²) in [5.74, 6) is 0.731. The highest BCUT2D eigenvalue weighted by Crippen LogP contribution is 2.40. The Kier molecular flexibility index (Phi) is 4.64. The molecule has 8 heteroatoms. The van der Waals surface area contributed by atoms with Crippen LogP contribution in [0.5, 0.6) is 0 Å². The first kappa shape index (κ1) is 19.5. The summed E-state index contributed by atoms with van der Waals surface area (Å²) in [6, 6.07) is 5.53. The maximum absolute atomic E-state index is 15.6. The third kappa shape index (κ3) is 3.05. The van der Waals surface area contributed by atoms with E-state index >= 15 is 4.39 Å². The van der Waals surface area contributed by atoms with Crippen LogP contribution in [-0.2, 0) is 16.6 Å². The molecule has 3 heterocycles. The Morgan fingerprint density at radius 2 is 1.94 bits per heavy atom. The minimum atomic E-state index is -0.325. The van der Waals surface area contributed by atoms with E-state index in [0.29, 0.717) is 28.1 Å². The largest absolute Gasteiger partial charge is 0.469 e. The SMILES string of the molecule is COC(=O)C1CCC(c2nc(-c3ccc4ccn(C)c4c3F)c3c(N)nccn23)CC1. The Morgan fingerprint density at radius 1 is 1.16 bits per heavy atom. The topological polar surface area (TPSA) is 87.4 Å². The standard InChI is InChI=1S/C23H24FN5O2/c1-28-11-9-13-7-8-16(17(24)19(13)28)18-20-21(25)26-10-12-29(20)22(27-18)14-3-5-15(6-4-14)23(30)31-2/h7-12,14-15H,3-6H2,1-2H3,(H2,25,26). The number of esters is 1. The third-order valence-electron chi connectivity index (χ3n) is 6.47. The highest BCUT2D eigenvalue weighted by atomic mass is 19.1. The summed E-state index contributed by atoms with van der Waals surface area (Å²) >= 11 is 0. The number of carbonyl (C=O) groups excluding carboxylic acids is 1. The predicted molar refractivity (Wildman–Crippen MR) is 116 cm³/mol. The van der Waals surface area contributed by atoms with Gasteiger partial charge in [-0.1, -0.05) is 6.07 Å². The first-order chi connectivity index (χ1) is 15.0. The van der Waals surface area contributed by atoms with Gasteiger partial charge in [0.1, 0.15) is 22.9 Å². The van der Waals surface area contributed by atoms with E-state index in [-0.39, 0.29) is 23.6 Å². The van der Waals surface area contributed by atoms with Crippen LogP contribution in [0.4, 0.5) is 10.2 Å². The number of nitrogen functional groups attached to an aromatic ring is 1.